The van der Waals surface area contributed by atoms with Gasteiger partial charge in [0.25, 0.3) is 24.1 Å². The summed E-state index contributed by atoms with van der Waals surface area (Å²) in [6.45, 7) is 38.6. The van der Waals surface area contributed by atoms with Crippen molar-refractivity contribution >= 4 is 64.8 Å². The van der Waals surface area contributed by atoms with Gasteiger partial charge in [-0.05, 0) is 167 Å². The Hall–Kier alpha value is -6.11. The highest BCUT2D eigenvalue weighted by Crippen LogP contribution is 2.35. The normalized spacial score (nSPS) is 15.5. The number of carbonyl (C=O) groups is 9. The monoisotopic (exact) mass is 1290 g/mol. The van der Waals surface area contributed by atoms with Crippen LogP contribution in [0.25, 0.3) is 0 Å². The van der Waals surface area contributed by atoms with E-state index in [0.29, 0.717) is 90.6 Å². The van der Waals surface area contributed by atoms with Crippen molar-refractivity contribution < 1.29 is 67.9 Å². The van der Waals surface area contributed by atoms with Crippen LogP contribution < -0.4 is 16.0 Å². The van der Waals surface area contributed by atoms with E-state index in [9.17, 15) is 58.5 Å². The molecule has 5 atom stereocenters. The molecule has 1 aromatic carbocycles. The van der Waals surface area contributed by atoms with Crippen molar-refractivity contribution in [3.05, 3.63) is 69.9 Å². The van der Waals surface area contributed by atoms with Crippen LogP contribution in [0.3, 0.4) is 0 Å². The Morgan fingerprint density at radius 3 is 1.76 bits per heavy atom. The molecule has 0 spiro atoms. The summed E-state index contributed by atoms with van der Waals surface area (Å²) in [6.07, 6.45) is 27.1. The van der Waals surface area contributed by atoms with Crippen LogP contribution in [-0.2, 0) is 47.8 Å². The van der Waals surface area contributed by atoms with E-state index in [1.807, 2.05) is 93.5 Å². The van der Waals surface area contributed by atoms with E-state index in [-0.39, 0.29) is 65.7 Å². The Balaban J connectivity index is -0.00000148. The van der Waals surface area contributed by atoms with Gasteiger partial charge < -0.3 is 45.6 Å². The van der Waals surface area contributed by atoms with E-state index in [4.69, 9.17) is 4.74 Å². The summed E-state index contributed by atoms with van der Waals surface area (Å²) < 4.78 is 9.95. The first-order valence-electron chi connectivity index (χ1n) is 34.4. The number of hydrogen-bond donors (Lipinski definition) is 6. The predicted molar refractivity (Wildman–Crippen MR) is 373 cm³/mol. The van der Waals surface area contributed by atoms with Gasteiger partial charge in [-0.1, -0.05) is 144 Å². The Labute approximate surface area is 555 Å². The molecule has 4 amide bonds. The van der Waals surface area contributed by atoms with Crippen molar-refractivity contribution in [2.75, 3.05) is 30.3 Å². The zero-order chi connectivity index (χ0) is 71.1. The van der Waals surface area contributed by atoms with Gasteiger partial charge in [0.05, 0.1) is 12.7 Å². The molecule has 0 radical (unpaired) electrons. The van der Waals surface area contributed by atoms with Crippen LogP contribution in [0.15, 0.2) is 47.6 Å². The minimum absolute atomic E-state index is 0.0147. The van der Waals surface area contributed by atoms with Crippen molar-refractivity contribution in [2.45, 2.75) is 291 Å². The number of nitrogens with one attached hydrogen (secondary N) is 3. The highest BCUT2D eigenvalue weighted by Gasteiger charge is 2.45. The van der Waals surface area contributed by atoms with Crippen LogP contribution in [0, 0.1) is 44.4 Å². The van der Waals surface area contributed by atoms with Crippen LogP contribution in [-0.4, -0.2) is 117 Å². The maximum absolute atomic E-state index is 13.0. The van der Waals surface area contributed by atoms with Gasteiger partial charge in [0.2, 0.25) is 17.6 Å². The van der Waals surface area contributed by atoms with E-state index in [0.717, 1.165) is 96.3 Å². The molecule has 1 saturated heterocycles. The fourth-order valence-electron chi connectivity index (χ4n) is 10.2. The van der Waals surface area contributed by atoms with Crippen molar-refractivity contribution in [3.8, 4) is 0 Å². The molecule has 1 saturated carbocycles. The molecule has 4 unspecified atom stereocenters. The summed E-state index contributed by atoms with van der Waals surface area (Å²) in [7, 11) is 0. The third-order valence-electron chi connectivity index (χ3n) is 15.9. The zero-order valence-corrected chi connectivity index (χ0v) is 60.6. The first-order valence-corrected chi connectivity index (χ1v) is 34.4. The average Bonchev–Trinajstić information content (AvgIpc) is 0.790. The molecule has 0 aromatic heterocycles. The fraction of sp³-hybridized carbons (Fsp3) is 0.689. The number of carbonyl (C=O) groups excluding carboxylic acids is 9. The van der Waals surface area contributed by atoms with E-state index >= 15 is 0 Å². The van der Waals surface area contributed by atoms with Gasteiger partial charge >= 0.3 is 5.97 Å². The predicted octanol–water partition coefficient (Wildman–Crippen LogP) is 14.8. The summed E-state index contributed by atoms with van der Waals surface area (Å²) in [5.74, 6) is -6.13. The minimum Gasteiger partial charge on any atom is -0.468 e. The number of piperidine rings is 1. The molecule has 18 nitrogen and oxygen atoms in total. The molecule has 3 rings (SSSR count). The maximum atomic E-state index is 13.0. The number of benzene rings is 1. The number of Topliss-reactive ketones (excluding diaryl/α,β-unsaturated/α-hetero) is 3. The lowest BCUT2D eigenvalue weighted by atomic mass is 9.89. The molecule has 1 aromatic rings. The Morgan fingerprint density at radius 2 is 1.24 bits per heavy atom. The Kier molecular flexibility index (Phi) is 51.2. The van der Waals surface area contributed by atoms with Crippen molar-refractivity contribution in [1.29, 1.82) is 0 Å². The average molecular weight is 1300 g/mol. The lowest BCUT2D eigenvalue weighted by molar-refractivity contribution is -0.205. The van der Waals surface area contributed by atoms with Crippen molar-refractivity contribution in [1.82, 2.24) is 10.2 Å². The van der Waals surface area contributed by atoms with Gasteiger partial charge in [0.15, 0.2) is 0 Å². The first kappa shape index (κ1) is 90.1. The molecule has 1 heterocycles. The number of amides is 4. The van der Waals surface area contributed by atoms with Crippen LogP contribution in [0.1, 0.15) is 273 Å². The minimum atomic E-state index is -2.65. The number of aliphatic hydroxyl groups is 3. The van der Waals surface area contributed by atoms with E-state index in [1.165, 1.54) is 37.7 Å². The van der Waals surface area contributed by atoms with Crippen LogP contribution in [0.5, 0.6) is 0 Å². The second kappa shape index (κ2) is 52.3. The third kappa shape index (κ3) is 37.6. The molecule has 2 aliphatic rings. The summed E-state index contributed by atoms with van der Waals surface area (Å²) >= 11 is 0. The molecule has 526 valence electrons. The molecule has 18 heteroatoms. The molecule has 1 aliphatic heterocycles. The quantitative estimate of drug-likeness (QED) is 0.00727. The molecule has 0 bridgehead atoms. The van der Waals surface area contributed by atoms with E-state index in [2.05, 4.69) is 33.7 Å². The number of nitrogens with zero attached hydrogens (tertiary/aromatic N) is 1. The summed E-state index contributed by atoms with van der Waals surface area (Å²) in [6, 6.07) is -0.0655. The van der Waals surface area contributed by atoms with Crippen molar-refractivity contribution in [2.24, 2.45) is 23.7 Å². The number of ketones is 3. The molecule has 2 fully saturated rings. The number of unbranched alkanes of at least 4 members (excludes halogenated alkanes) is 4. The van der Waals surface area contributed by atoms with Crippen LogP contribution >= 0.6 is 0 Å². The SMILES string of the molecule is CC.CC.CC.CC(=O)Nc1c(C)c(NC(C)=O)c(C)c(C(=O)NCCCCCC(=O)OC2CCCCC2)c1C.CC(=O)[C@H](C)/C=C(\C)C(O)CC(=O)C(C)CC/C=C/C=C/C=C(\C)CCCCCC(C)C(O)(O)C(=O)C(=O)N1CCCCC1C.CC(C)COC=O. The van der Waals surface area contributed by atoms with Gasteiger partial charge in [-0.25, -0.2) is 0 Å². The molecule has 6 N–H and O–H groups in total. The number of allylic oxidation sites excluding steroid dienone is 7. The number of anilines is 2. The number of hydrogen-bond acceptors (Lipinski definition) is 14. The number of rotatable bonds is 33. The van der Waals surface area contributed by atoms with Crippen LogP contribution in [0.2, 0.25) is 0 Å². The second-order valence-electron chi connectivity index (χ2n) is 24.2. The van der Waals surface area contributed by atoms with Gasteiger partial charge in [-0.3, -0.25) is 43.2 Å². The van der Waals surface area contributed by atoms with E-state index < -0.39 is 29.5 Å². The number of likely N-dealkylation sites (tertiary alicyclic amines) is 1. The molecule has 92 heavy (non-hydrogen) atoms. The highest BCUT2D eigenvalue weighted by molar-refractivity contribution is 6.38. The smallest absolute Gasteiger partial charge is 0.306 e. The lowest BCUT2D eigenvalue weighted by Gasteiger charge is -2.35. The fourth-order valence-corrected chi connectivity index (χ4v) is 10.2. The number of esters is 1. The highest BCUT2D eigenvalue weighted by atomic mass is 16.5. The summed E-state index contributed by atoms with van der Waals surface area (Å²) in [5.41, 5.74) is 5.39. The van der Waals surface area contributed by atoms with E-state index in [1.54, 1.807) is 47.6 Å². The first-order chi connectivity index (χ1) is 43.5. The molecular formula is C74H126N4O14. The second-order valence-corrected chi connectivity index (χ2v) is 24.2. The molecule has 1 aliphatic carbocycles. The lowest BCUT2D eigenvalue weighted by Crippen LogP contribution is -2.55. The van der Waals surface area contributed by atoms with Crippen LogP contribution in [0.4, 0.5) is 11.4 Å². The topological polar surface area (TPSA) is 272 Å². The molecular weight excluding hydrogens is 1170 g/mol. The third-order valence-corrected chi connectivity index (χ3v) is 15.9. The van der Waals surface area contributed by atoms with Gasteiger partial charge in [0.1, 0.15) is 17.7 Å². The zero-order valence-electron chi connectivity index (χ0n) is 60.6. The Bertz CT molecular complexity index is 2440. The van der Waals surface area contributed by atoms with Crippen molar-refractivity contribution in [3.63, 3.8) is 0 Å². The van der Waals surface area contributed by atoms with Gasteiger partial charge in [-0.15, -0.1) is 0 Å². The number of ether oxygens (including phenoxy) is 2. The van der Waals surface area contributed by atoms with Gasteiger partial charge in [-0.2, -0.15) is 0 Å². The summed E-state index contributed by atoms with van der Waals surface area (Å²) in [5, 5.41) is 39.8. The largest absolute Gasteiger partial charge is 0.468 e. The maximum Gasteiger partial charge on any atom is 0.306 e. The summed E-state index contributed by atoms with van der Waals surface area (Å²) in [4.78, 5) is 109. The Morgan fingerprint density at radius 1 is 0.685 bits per heavy atom. The number of aliphatic hydroxyl groups excluding tert-OH is 1. The standard InChI is InChI=1S/C37H59NO7.C26H39N3O5.C5H10O2.3C2H6/c1-26(18-12-9-8-10-14-20-27(2)33(40)25-34(41)29(4)24-28(3)32(7)39)19-13-11-15-21-30(5)37(44,45)35(42)36(43)38-23-17-16-22-31(38)6;1-16-23(17(2)25(29-20(5)31)18(3)24(16)28-19(4)30)26(33)27-15-11-7-10-14-22(32)34-21-12-8-6-9-13-21;1-5(2)3-7-4-6;3*1-2/h8-10,12,18,24,27-28,30-31,34,41,44-45H,11,13-17,19-23,25H2,1-7H3;21H,6-15H2,1-5H3,(H,27,33)(H,28,30)(H,29,31);4-5H,3H2,1-2H3;3*1-2H3/b10-8+,12-9+,26-18+,29-24+;;;;;/t27?,28-,30?,31?,34?;;;;;/m1...../s1. The van der Waals surface area contributed by atoms with Gasteiger partial charge in [0, 0.05) is 80.5 Å².